The number of benzene rings is 1. The van der Waals surface area contributed by atoms with Gasteiger partial charge in [-0.3, -0.25) is 9.56 Å². The third-order valence-electron chi connectivity index (χ3n) is 3.58. The lowest BCUT2D eigenvalue weighted by Crippen LogP contribution is -2.08. The number of allylic oxidation sites excluding steroid dienone is 1. The number of aromatic nitrogens is 3. The topological polar surface area (TPSA) is 75.7 Å². The third kappa shape index (κ3) is 2.59. The molecule has 1 aliphatic rings. The van der Waals surface area contributed by atoms with Crippen LogP contribution in [0.25, 0.3) is 11.6 Å². The van der Waals surface area contributed by atoms with Crippen LogP contribution in [0, 0.1) is 6.92 Å². The van der Waals surface area contributed by atoms with Gasteiger partial charge >= 0.3 is 0 Å². The maximum Gasteiger partial charge on any atom is 0.234 e. The molecule has 3 heterocycles. The van der Waals surface area contributed by atoms with Gasteiger partial charge in [0, 0.05) is 24.4 Å². The standard InChI is InChI=1S/C16H13N5OS2/c1-9-19-20-15(23-9)18-16-21(2)14(22)13(24-16)7-10-8-17-12-6-4-3-5-11(10)12/h3-8,22H,1-2H3/b10-7+,18-16-. The number of aliphatic imine (C=N–C) groups is 1. The minimum Gasteiger partial charge on any atom is -0.493 e. The van der Waals surface area contributed by atoms with E-state index in [0.29, 0.717) is 9.93 Å². The quantitative estimate of drug-likeness (QED) is 0.765. The molecule has 4 rings (SSSR count). The van der Waals surface area contributed by atoms with Crippen molar-refractivity contribution >= 4 is 51.4 Å². The molecule has 1 N–H and O–H groups in total. The Hall–Kier alpha value is -2.58. The summed E-state index contributed by atoms with van der Waals surface area (Å²) in [7, 11) is 1.78. The van der Waals surface area contributed by atoms with Gasteiger partial charge in [0.25, 0.3) is 0 Å². The number of thiazole rings is 1. The first kappa shape index (κ1) is 15.0. The van der Waals surface area contributed by atoms with Gasteiger partial charge in [-0.15, -0.1) is 10.2 Å². The molecule has 0 fully saturated rings. The zero-order valence-electron chi connectivity index (χ0n) is 13.0. The summed E-state index contributed by atoms with van der Waals surface area (Å²) in [4.78, 5) is 10.3. The van der Waals surface area contributed by atoms with Crippen molar-refractivity contribution < 1.29 is 5.11 Å². The lowest BCUT2D eigenvalue weighted by molar-refractivity contribution is 0.427. The summed E-state index contributed by atoms with van der Waals surface area (Å²) in [5.41, 5.74) is 2.98. The molecule has 3 aromatic rings. The first-order valence-electron chi connectivity index (χ1n) is 7.20. The van der Waals surface area contributed by atoms with E-state index in [0.717, 1.165) is 26.7 Å². The van der Waals surface area contributed by atoms with E-state index in [-0.39, 0.29) is 5.88 Å². The Bertz CT molecular complexity index is 1050. The molecule has 0 amide bonds. The number of aryl methyl sites for hydroxylation is 1. The zero-order valence-corrected chi connectivity index (χ0v) is 14.6. The van der Waals surface area contributed by atoms with Crippen LogP contribution in [-0.2, 0) is 7.05 Å². The molecule has 0 spiro atoms. The summed E-state index contributed by atoms with van der Waals surface area (Å²) in [5, 5.41) is 19.8. The van der Waals surface area contributed by atoms with Gasteiger partial charge in [-0.1, -0.05) is 40.9 Å². The summed E-state index contributed by atoms with van der Waals surface area (Å²) in [6.07, 6.45) is 3.74. The molecule has 120 valence electrons. The van der Waals surface area contributed by atoms with Crippen molar-refractivity contribution in [3.63, 3.8) is 0 Å². The van der Waals surface area contributed by atoms with E-state index in [4.69, 9.17) is 0 Å². The average molecular weight is 355 g/mol. The van der Waals surface area contributed by atoms with Crippen LogP contribution >= 0.6 is 22.7 Å². The average Bonchev–Trinajstić information content (AvgIpc) is 3.24. The van der Waals surface area contributed by atoms with Crippen LogP contribution in [-0.4, -0.2) is 26.1 Å². The second kappa shape index (κ2) is 5.81. The zero-order chi connectivity index (χ0) is 16.7. The van der Waals surface area contributed by atoms with Gasteiger partial charge in [-0.25, -0.2) is 0 Å². The SMILES string of the molecule is Cc1nnc(/N=c2\sc(/C=C3\C=Nc4ccccc43)c(O)n2C)s1. The molecule has 0 atom stereocenters. The molecule has 1 aliphatic heterocycles. The maximum absolute atomic E-state index is 10.4. The number of nitrogens with zero attached hydrogens (tertiary/aromatic N) is 5. The van der Waals surface area contributed by atoms with Crippen molar-refractivity contribution in [1.29, 1.82) is 0 Å². The Kier molecular flexibility index (Phi) is 3.62. The first-order valence-corrected chi connectivity index (χ1v) is 8.84. The van der Waals surface area contributed by atoms with Gasteiger partial charge in [-0.05, 0) is 19.1 Å². The maximum atomic E-state index is 10.4. The molecule has 0 radical (unpaired) electrons. The lowest BCUT2D eigenvalue weighted by Gasteiger charge is -1.98. The number of fused-ring (bicyclic) bond motifs is 1. The molecule has 0 unspecified atom stereocenters. The van der Waals surface area contributed by atoms with Gasteiger partial charge in [0.2, 0.25) is 11.0 Å². The first-order chi connectivity index (χ1) is 11.6. The summed E-state index contributed by atoms with van der Waals surface area (Å²) < 4.78 is 1.64. The Morgan fingerprint density at radius 3 is 2.83 bits per heavy atom. The van der Waals surface area contributed by atoms with E-state index < -0.39 is 0 Å². The van der Waals surface area contributed by atoms with E-state index in [1.165, 1.54) is 22.7 Å². The smallest absolute Gasteiger partial charge is 0.234 e. The van der Waals surface area contributed by atoms with Crippen LogP contribution in [0.2, 0.25) is 0 Å². The Labute approximate surface area is 145 Å². The minimum atomic E-state index is 0.172. The van der Waals surface area contributed by atoms with E-state index in [2.05, 4.69) is 20.2 Å². The Morgan fingerprint density at radius 1 is 1.21 bits per heavy atom. The molecule has 6 nitrogen and oxygen atoms in total. The van der Waals surface area contributed by atoms with Crippen molar-refractivity contribution in [2.75, 3.05) is 0 Å². The summed E-state index contributed by atoms with van der Waals surface area (Å²) in [5.74, 6) is 0.172. The van der Waals surface area contributed by atoms with Crippen LogP contribution < -0.4 is 4.80 Å². The number of rotatable bonds is 2. The minimum absolute atomic E-state index is 0.172. The highest BCUT2D eigenvalue weighted by Gasteiger charge is 2.14. The summed E-state index contributed by atoms with van der Waals surface area (Å²) in [6.45, 7) is 1.88. The molecule has 0 aliphatic carbocycles. The fourth-order valence-corrected chi connectivity index (χ4v) is 3.95. The van der Waals surface area contributed by atoms with E-state index >= 15 is 0 Å². The highest BCUT2D eigenvalue weighted by atomic mass is 32.1. The monoisotopic (exact) mass is 355 g/mol. The van der Waals surface area contributed by atoms with Crippen molar-refractivity contribution in [2.45, 2.75) is 6.92 Å². The lowest BCUT2D eigenvalue weighted by atomic mass is 10.1. The van der Waals surface area contributed by atoms with Crippen molar-refractivity contribution in [2.24, 2.45) is 17.0 Å². The van der Waals surface area contributed by atoms with Crippen molar-refractivity contribution in [1.82, 2.24) is 14.8 Å². The molecule has 24 heavy (non-hydrogen) atoms. The number of hydrogen-bond acceptors (Lipinski definition) is 7. The predicted octanol–water partition coefficient (Wildman–Crippen LogP) is 3.44. The molecule has 0 saturated heterocycles. The van der Waals surface area contributed by atoms with Gasteiger partial charge in [0.05, 0.1) is 10.6 Å². The van der Waals surface area contributed by atoms with E-state index in [1.54, 1.807) is 11.6 Å². The molecule has 1 aromatic carbocycles. The van der Waals surface area contributed by atoms with Crippen molar-refractivity contribution in [3.05, 3.63) is 44.5 Å². The van der Waals surface area contributed by atoms with Crippen molar-refractivity contribution in [3.8, 4) is 5.88 Å². The second-order valence-electron chi connectivity index (χ2n) is 5.22. The third-order valence-corrected chi connectivity index (χ3v) is 5.38. The largest absolute Gasteiger partial charge is 0.493 e. The van der Waals surface area contributed by atoms with Crippen LogP contribution in [0.15, 0.2) is 34.3 Å². The van der Waals surface area contributed by atoms with Crippen LogP contribution in [0.4, 0.5) is 10.8 Å². The molecule has 8 heteroatoms. The van der Waals surface area contributed by atoms with Gasteiger partial charge in [0.1, 0.15) is 5.01 Å². The molecule has 2 aromatic heterocycles. The number of para-hydroxylation sites is 1. The number of aromatic hydroxyl groups is 1. The Balaban J connectivity index is 1.79. The highest BCUT2D eigenvalue weighted by molar-refractivity contribution is 7.15. The molecule has 0 bridgehead atoms. The van der Waals surface area contributed by atoms with E-state index in [1.807, 2.05) is 43.5 Å². The molecular weight excluding hydrogens is 342 g/mol. The normalized spacial score (nSPS) is 15.4. The second-order valence-corrected chi connectivity index (χ2v) is 7.39. The predicted molar refractivity (Wildman–Crippen MR) is 97.3 cm³/mol. The van der Waals surface area contributed by atoms with Crippen LogP contribution in [0.5, 0.6) is 5.88 Å². The summed E-state index contributed by atoms with van der Waals surface area (Å²) in [6, 6.07) is 7.94. The van der Waals surface area contributed by atoms with Crippen LogP contribution in [0.3, 0.4) is 0 Å². The fourth-order valence-electron chi connectivity index (χ4n) is 2.37. The van der Waals surface area contributed by atoms with Gasteiger partial charge in [0.15, 0.2) is 4.80 Å². The molecule has 0 saturated carbocycles. The fraction of sp³-hybridized carbons (Fsp3) is 0.125. The van der Waals surface area contributed by atoms with Crippen LogP contribution in [0.1, 0.15) is 15.4 Å². The van der Waals surface area contributed by atoms with Gasteiger partial charge in [-0.2, -0.15) is 4.99 Å². The van der Waals surface area contributed by atoms with Gasteiger partial charge < -0.3 is 5.11 Å². The summed E-state index contributed by atoms with van der Waals surface area (Å²) >= 11 is 2.82. The Morgan fingerprint density at radius 2 is 2.04 bits per heavy atom. The highest BCUT2D eigenvalue weighted by Crippen LogP contribution is 2.34. The van der Waals surface area contributed by atoms with E-state index in [9.17, 15) is 5.11 Å². The number of hydrogen-bond donors (Lipinski definition) is 1. The molecular formula is C16H13N5OS2.